The molecule has 0 aliphatic rings. The van der Waals surface area contributed by atoms with Gasteiger partial charge in [0.05, 0.1) is 7.11 Å². The van der Waals surface area contributed by atoms with Gasteiger partial charge in [0.1, 0.15) is 13.2 Å². The van der Waals surface area contributed by atoms with Crippen LogP contribution in [0.25, 0.3) is 0 Å². The number of benzene rings is 2. The molecule has 0 saturated carbocycles. The molecule has 0 radical (unpaired) electrons. The van der Waals surface area contributed by atoms with Crippen LogP contribution in [0.1, 0.15) is 22.8 Å². The lowest BCUT2D eigenvalue weighted by atomic mass is 10.1. The van der Waals surface area contributed by atoms with Gasteiger partial charge in [-0.1, -0.05) is 42.2 Å². The maximum atomic E-state index is 12.7. The van der Waals surface area contributed by atoms with Gasteiger partial charge in [0.15, 0.2) is 17.6 Å². The average Bonchev–Trinajstić information content (AvgIpc) is 2.78. The van der Waals surface area contributed by atoms with Crippen molar-refractivity contribution >= 4 is 17.5 Å². The van der Waals surface area contributed by atoms with Crippen molar-refractivity contribution in [3.63, 3.8) is 0 Å². The van der Waals surface area contributed by atoms with Crippen LogP contribution in [0.4, 0.5) is 0 Å². The van der Waals surface area contributed by atoms with Crippen molar-refractivity contribution in [3.8, 4) is 36.2 Å². The van der Waals surface area contributed by atoms with E-state index in [9.17, 15) is 4.79 Å². The number of carbonyl (C=O) groups excluding carboxylic acids is 1. The van der Waals surface area contributed by atoms with Gasteiger partial charge < -0.3 is 19.5 Å². The van der Waals surface area contributed by atoms with Gasteiger partial charge in [0.2, 0.25) is 0 Å². The standard InChI is InChI=1S/C24H24ClNO4/c1-4-14-29-21-11-8-18(16-22(21)28-3)12-13-26-24(27)23(30-15-5-2)20-9-6-19(17-25)7-10-20/h1-2,6-11,16,23H,12-15,17H2,3H3,(H,26,27). The molecule has 1 atom stereocenters. The highest BCUT2D eigenvalue weighted by atomic mass is 35.5. The number of rotatable bonds is 11. The second-order valence-corrected chi connectivity index (χ2v) is 6.56. The minimum atomic E-state index is -0.792. The molecule has 2 aromatic carbocycles. The largest absolute Gasteiger partial charge is 0.493 e. The summed E-state index contributed by atoms with van der Waals surface area (Å²) < 4.78 is 16.3. The quantitative estimate of drug-likeness (QED) is 0.442. The molecule has 6 heteroatoms. The first-order valence-corrected chi connectivity index (χ1v) is 9.87. The Balaban J connectivity index is 1.99. The van der Waals surface area contributed by atoms with Crippen molar-refractivity contribution in [1.29, 1.82) is 0 Å². The first-order valence-electron chi connectivity index (χ1n) is 9.33. The van der Waals surface area contributed by atoms with Crippen molar-refractivity contribution in [2.24, 2.45) is 0 Å². The Labute approximate surface area is 182 Å². The predicted octanol–water partition coefficient (Wildman–Crippen LogP) is 3.50. The fourth-order valence-corrected chi connectivity index (χ4v) is 2.94. The minimum absolute atomic E-state index is 0.0334. The highest BCUT2D eigenvalue weighted by Gasteiger charge is 2.21. The predicted molar refractivity (Wildman–Crippen MR) is 118 cm³/mol. The zero-order valence-corrected chi connectivity index (χ0v) is 17.6. The summed E-state index contributed by atoms with van der Waals surface area (Å²) in [7, 11) is 1.56. The van der Waals surface area contributed by atoms with Crippen molar-refractivity contribution in [1.82, 2.24) is 5.32 Å². The van der Waals surface area contributed by atoms with Crippen molar-refractivity contribution in [3.05, 3.63) is 59.2 Å². The number of alkyl halides is 1. The maximum absolute atomic E-state index is 12.7. The van der Waals surface area contributed by atoms with E-state index < -0.39 is 6.10 Å². The van der Waals surface area contributed by atoms with Crippen LogP contribution in [0.5, 0.6) is 11.5 Å². The van der Waals surface area contributed by atoms with Crippen molar-refractivity contribution in [2.75, 3.05) is 26.9 Å². The molecule has 0 aliphatic carbocycles. The Bertz CT molecular complexity index is 912. The van der Waals surface area contributed by atoms with Crippen LogP contribution in [0.15, 0.2) is 42.5 Å². The monoisotopic (exact) mass is 425 g/mol. The van der Waals surface area contributed by atoms with E-state index in [1.165, 1.54) is 0 Å². The Hall–Kier alpha value is -3.12. The highest BCUT2D eigenvalue weighted by molar-refractivity contribution is 6.17. The summed E-state index contributed by atoms with van der Waals surface area (Å²) >= 11 is 5.83. The Morgan fingerprint density at radius 2 is 1.77 bits per heavy atom. The maximum Gasteiger partial charge on any atom is 0.253 e. The minimum Gasteiger partial charge on any atom is -0.493 e. The van der Waals surface area contributed by atoms with Gasteiger partial charge in [-0.2, -0.15) is 0 Å². The zero-order chi connectivity index (χ0) is 21.8. The van der Waals surface area contributed by atoms with Gasteiger partial charge in [0, 0.05) is 12.4 Å². The SMILES string of the molecule is C#CCOc1ccc(CCNC(=O)C(OCC#C)c2ccc(CCl)cc2)cc1OC. The molecule has 30 heavy (non-hydrogen) atoms. The molecule has 0 aromatic heterocycles. The molecular weight excluding hydrogens is 402 g/mol. The summed E-state index contributed by atoms with van der Waals surface area (Å²) in [4.78, 5) is 12.7. The van der Waals surface area contributed by atoms with E-state index in [2.05, 4.69) is 17.2 Å². The summed E-state index contributed by atoms with van der Waals surface area (Å²) in [6.45, 7) is 0.616. The Morgan fingerprint density at radius 3 is 2.40 bits per heavy atom. The van der Waals surface area contributed by atoms with Gasteiger partial charge in [-0.25, -0.2) is 0 Å². The number of hydrogen-bond donors (Lipinski definition) is 1. The first kappa shape index (κ1) is 23.2. The number of carbonyl (C=O) groups is 1. The van der Waals surface area contributed by atoms with Crippen molar-refractivity contribution < 1.29 is 19.0 Å². The lowest BCUT2D eigenvalue weighted by Gasteiger charge is -2.17. The lowest BCUT2D eigenvalue weighted by molar-refractivity contribution is -0.132. The molecule has 2 aromatic rings. The summed E-state index contributed by atoms with van der Waals surface area (Å²) in [5.74, 6) is 6.12. The highest BCUT2D eigenvalue weighted by Crippen LogP contribution is 2.28. The molecule has 1 amide bonds. The third-order valence-corrected chi connectivity index (χ3v) is 4.57. The molecule has 156 valence electrons. The molecule has 0 heterocycles. The second kappa shape index (κ2) is 12.4. The van der Waals surface area contributed by atoms with E-state index in [1.54, 1.807) is 13.2 Å². The van der Waals surface area contributed by atoms with E-state index in [4.69, 9.17) is 38.7 Å². The molecule has 1 unspecified atom stereocenters. The number of amides is 1. The van der Waals surface area contributed by atoms with Crippen LogP contribution in [0.3, 0.4) is 0 Å². The number of terminal acetylenes is 2. The second-order valence-electron chi connectivity index (χ2n) is 6.29. The number of methoxy groups -OCH3 is 1. The van der Waals surface area contributed by atoms with E-state index >= 15 is 0 Å². The zero-order valence-electron chi connectivity index (χ0n) is 16.8. The van der Waals surface area contributed by atoms with E-state index in [0.29, 0.717) is 35.9 Å². The van der Waals surface area contributed by atoms with E-state index in [-0.39, 0.29) is 19.1 Å². The van der Waals surface area contributed by atoms with E-state index in [1.807, 2.05) is 36.4 Å². The van der Waals surface area contributed by atoms with Gasteiger partial charge in [0.25, 0.3) is 5.91 Å². The fraction of sp³-hybridized carbons (Fsp3) is 0.292. The van der Waals surface area contributed by atoms with Crippen LogP contribution < -0.4 is 14.8 Å². The normalized spacial score (nSPS) is 11.1. The molecule has 0 saturated heterocycles. The summed E-state index contributed by atoms with van der Waals surface area (Å²) in [6.07, 6.45) is 10.3. The number of hydrogen-bond acceptors (Lipinski definition) is 4. The van der Waals surface area contributed by atoms with Crippen LogP contribution in [0.2, 0.25) is 0 Å². The van der Waals surface area contributed by atoms with Crippen LogP contribution >= 0.6 is 11.6 Å². The molecule has 0 fully saturated rings. The van der Waals surface area contributed by atoms with Crippen molar-refractivity contribution in [2.45, 2.75) is 18.4 Å². The molecule has 0 aliphatic heterocycles. The van der Waals surface area contributed by atoms with Gasteiger partial charge in [-0.05, 0) is 35.2 Å². The number of halogens is 1. The molecule has 2 rings (SSSR count). The van der Waals surface area contributed by atoms with Gasteiger partial charge in [-0.15, -0.1) is 24.4 Å². The number of ether oxygens (including phenoxy) is 3. The Kier molecular flexibility index (Phi) is 9.61. The molecule has 1 N–H and O–H groups in total. The van der Waals surface area contributed by atoms with Gasteiger partial charge in [-0.3, -0.25) is 4.79 Å². The van der Waals surface area contributed by atoms with Crippen LogP contribution in [-0.4, -0.2) is 32.8 Å². The summed E-state index contributed by atoms with van der Waals surface area (Å²) in [5, 5.41) is 2.90. The molecule has 5 nitrogen and oxygen atoms in total. The Morgan fingerprint density at radius 1 is 1.07 bits per heavy atom. The van der Waals surface area contributed by atoms with E-state index in [0.717, 1.165) is 11.1 Å². The topological polar surface area (TPSA) is 56.8 Å². The molecule has 0 spiro atoms. The summed E-state index contributed by atoms with van der Waals surface area (Å²) in [5.41, 5.74) is 2.65. The number of nitrogens with one attached hydrogen (secondary N) is 1. The smallest absolute Gasteiger partial charge is 0.253 e. The fourth-order valence-electron chi connectivity index (χ4n) is 2.77. The lowest BCUT2D eigenvalue weighted by Crippen LogP contribution is -2.32. The molecular formula is C24H24ClNO4. The van der Waals surface area contributed by atoms with Crippen LogP contribution in [-0.2, 0) is 21.8 Å². The third-order valence-electron chi connectivity index (χ3n) is 4.26. The average molecular weight is 426 g/mol. The molecule has 0 bridgehead atoms. The first-order chi connectivity index (χ1) is 14.6. The van der Waals surface area contributed by atoms with Crippen LogP contribution in [0, 0.1) is 24.7 Å². The summed E-state index contributed by atoms with van der Waals surface area (Å²) in [6, 6.07) is 12.9. The van der Waals surface area contributed by atoms with Gasteiger partial charge >= 0.3 is 0 Å². The third kappa shape index (κ3) is 6.74.